The van der Waals surface area contributed by atoms with E-state index in [0.717, 1.165) is 112 Å². The fourth-order valence-electron chi connectivity index (χ4n) is 10.4. The molecular formula is C54H73N7O4. The van der Waals surface area contributed by atoms with Gasteiger partial charge in [0.1, 0.15) is 24.5 Å². The van der Waals surface area contributed by atoms with E-state index in [-0.39, 0.29) is 0 Å². The lowest BCUT2D eigenvalue weighted by molar-refractivity contribution is 0.0617. The van der Waals surface area contributed by atoms with E-state index >= 15 is 0 Å². The predicted molar refractivity (Wildman–Crippen MR) is 265 cm³/mol. The van der Waals surface area contributed by atoms with Crippen molar-refractivity contribution in [1.29, 1.82) is 0 Å². The van der Waals surface area contributed by atoms with Crippen molar-refractivity contribution in [2.45, 2.75) is 110 Å². The van der Waals surface area contributed by atoms with Crippen molar-refractivity contribution in [2.24, 2.45) is 16.8 Å². The molecule has 348 valence electrons. The van der Waals surface area contributed by atoms with Crippen LogP contribution in [0, 0.1) is 11.8 Å². The number of rotatable bonds is 18. The first-order chi connectivity index (χ1) is 32.0. The van der Waals surface area contributed by atoms with Crippen LogP contribution in [0.1, 0.15) is 107 Å². The summed E-state index contributed by atoms with van der Waals surface area (Å²) in [6, 6.07) is 16.1. The molecule has 11 heteroatoms. The highest BCUT2D eigenvalue weighted by molar-refractivity contribution is 6.02. The third-order valence-corrected chi connectivity index (χ3v) is 13.8. The fraction of sp³-hybridized carbons (Fsp3) is 0.537. The first kappa shape index (κ1) is 46.7. The Morgan fingerprint density at radius 3 is 2.57 bits per heavy atom. The van der Waals surface area contributed by atoms with Crippen molar-refractivity contribution in [3.8, 4) is 11.4 Å². The Kier molecular flexibility index (Phi) is 16.9. The molecule has 1 N–H and O–H groups in total. The second-order valence-corrected chi connectivity index (χ2v) is 18.3. The molecule has 0 amide bonds. The van der Waals surface area contributed by atoms with E-state index < -0.39 is 0 Å². The first-order valence-corrected chi connectivity index (χ1v) is 24.7. The van der Waals surface area contributed by atoms with Crippen LogP contribution in [-0.2, 0) is 40.2 Å². The van der Waals surface area contributed by atoms with Crippen LogP contribution >= 0.6 is 0 Å². The molecule has 0 radical (unpaired) electrons. The molecule has 5 aromatic rings. The molecule has 3 aromatic heterocycles. The second-order valence-electron chi connectivity index (χ2n) is 18.3. The maximum atomic E-state index is 6.26. The molecule has 2 aromatic carbocycles. The Morgan fingerprint density at radius 2 is 1.69 bits per heavy atom. The molecule has 2 unspecified atom stereocenters. The van der Waals surface area contributed by atoms with Crippen LogP contribution in [0.15, 0.2) is 83.9 Å². The van der Waals surface area contributed by atoms with Gasteiger partial charge in [-0.15, -0.1) is 0 Å². The van der Waals surface area contributed by atoms with Crippen molar-refractivity contribution in [3.05, 3.63) is 101 Å². The maximum Gasteiger partial charge on any atom is 0.135 e. The minimum Gasteiger partial charge on any atom is -0.491 e. The van der Waals surface area contributed by atoms with Gasteiger partial charge in [-0.05, 0) is 137 Å². The standard InChI is InChI=1S/C54H73N7O4/c1-5-42-15-8-7-11-21-56-53(42)44-16-10-12-22-59(24-20-44)37-46-34-49-50(58-46)31-41(38-64-28-26-62-3)32-52(49)61-47(33-45-17-18-48(35-51(45)61)65-29-27-63-4)30-40-14-9-13-23-60(25-19-40)54-43(6-2)36-55-39-57-54/h11,15,17-18,21,31-36,39-40,44,58H,5-10,12-14,16,19-20,22-30,37-38H2,1-4H3/b21-11+,42-15-,56-53+. The number of ether oxygens (including phenoxy) is 4. The molecule has 8 rings (SSSR count). The fourth-order valence-corrected chi connectivity index (χ4v) is 10.4. The van der Waals surface area contributed by atoms with Crippen molar-refractivity contribution >= 4 is 33.3 Å². The topological polar surface area (TPSA) is 102 Å². The maximum absolute atomic E-state index is 6.26. The third-order valence-electron chi connectivity index (χ3n) is 13.8. The van der Waals surface area contributed by atoms with Gasteiger partial charge in [-0.3, -0.25) is 9.89 Å². The summed E-state index contributed by atoms with van der Waals surface area (Å²) in [5, 5.41) is 2.44. The van der Waals surface area contributed by atoms with Gasteiger partial charge in [-0.2, -0.15) is 0 Å². The smallest absolute Gasteiger partial charge is 0.135 e. The number of benzene rings is 2. The number of nitrogens with zero attached hydrogens (tertiary/aromatic N) is 6. The van der Waals surface area contributed by atoms with Crippen LogP contribution < -0.4 is 9.64 Å². The van der Waals surface area contributed by atoms with Crippen molar-refractivity contribution in [1.82, 2.24) is 24.4 Å². The summed E-state index contributed by atoms with van der Waals surface area (Å²) in [5.41, 5.74) is 11.2. The Hall–Kier alpha value is -4.81. The molecule has 0 aliphatic carbocycles. The molecule has 6 heterocycles. The number of anilines is 1. The number of aromatic nitrogens is 4. The summed E-state index contributed by atoms with van der Waals surface area (Å²) < 4.78 is 25.7. The quantitative estimate of drug-likeness (QED) is 0.0868. The van der Waals surface area contributed by atoms with Gasteiger partial charge in [0.05, 0.1) is 37.6 Å². The summed E-state index contributed by atoms with van der Waals surface area (Å²) in [4.78, 5) is 23.3. The Labute approximate surface area is 387 Å². The Morgan fingerprint density at radius 1 is 0.815 bits per heavy atom. The molecule has 3 aliphatic heterocycles. The highest BCUT2D eigenvalue weighted by atomic mass is 16.5. The number of methoxy groups -OCH3 is 2. The molecule has 11 nitrogen and oxygen atoms in total. The lowest BCUT2D eigenvalue weighted by Crippen LogP contribution is -2.31. The zero-order valence-electron chi connectivity index (χ0n) is 39.7. The van der Waals surface area contributed by atoms with Gasteiger partial charge in [0.25, 0.3) is 0 Å². The summed E-state index contributed by atoms with van der Waals surface area (Å²) in [6.45, 7) is 12.2. The van der Waals surface area contributed by atoms with E-state index in [1.165, 1.54) is 76.8 Å². The lowest BCUT2D eigenvalue weighted by Gasteiger charge is -2.30. The van der Waals surface area contributed by atoms with Gasteiger partial charge in [0, 0.05) is 97.2 Å². The van der Waals surface area contributed by atoms with Crippen LogP contribution in [0.25, 0.3) is 27.5 Å². The highest BCUT2D eigenvalue weighted by Gasteiger charge is 2.25. The van der Waals surface area contributed by atoms with E-state index in [2.05, 4.69) is 99.0 Å². The van der Waals surface area contributed by atoms with Crippen molar-refractivity contribution < 1.29 is 18.9 Å². The number of H-pyrrole nitrogens is 1. The summed E-state index contributed by atoms with van der Waals surface area (Å²) in [6.07, 6.45) is 25.0. The van der Waals surface area contributed by atoms with Crippen LogP contribution in [0.5, 0.6) is 5.75 Å². The first-order valence-electron chi connectivity index (χ1n) is 24.7. The molecule has 0 bridgehead atoms. The monoisotopic (exact) mass is 884 g/mol. The van der Waals surface area contributed by atoms with Crippen LogP contribution in [0.3, 0.4) is 0 Å². The van der Waals surface area contributed by atoms with Gasteiger partial charge in [-0.25, -0.2) is 9.97 Å². The normalized spacial score (nSPS) is 21.4. The number of hydrogen-bond acceptors (Lipinski definition) is 9. The van der Waals surface area contributed by atoms with Gasteiger partial charge < -0.3 is 33.4 Å². The average Bonchev–Trinajstić information content (AvgIpc) is 3.87. The van der Waals surface area contributed by atoms with Crippen LogP contribution in [0.2, 0.25) is 0 Å². The van der Waals surface area contributed by atoms with Gasteiger partial charge in [0.15, 0.2) is 0 Å². The molecule has 2 atom stereocenters. The van der Waals surface area contributed by atoms with E-state index in [1.807, 2.05) is 6.20 Å². The largest absolute Gasteiger partial charge is 0.491 e. The number of aliphatic imine (C=N–C) groups is 1. The van der Waals surface area contributed by atoms with Gasteiger partial charge in [0.2, 0.25) is 0 Å². The zero-order chi connectivity index (χ0) is 44.8. The van der Waals surface area contributed by atoms with Crippen LogP contribution in [-0.4, -0.2) is 97.0 Å². The minimum atomic E-state index is 0.493. The molecule has 2 fully saturated rings. The van der Waals surface area contributed by atoms with E-state index in [0.29, 0.717) is 44.9 Å². The summed E-state index contributed by atoms with van der Waals surface area (Å²) >= 11 is 0. The molecule has 3 aliphatic rings. The molecular weight excluding hydrogens is 811 g/mol. The van der Waals surface area contributed by atoms with Crippen molar-refractivity contribution in [3.63, 3.8) is 0 Å². The molecule has 0 spiro atoms. The predicted octanol–water partition coefficient (Wildman–Crippen LogP) is 11.0. The SMILES string of the molecule is CCC1=C/CC/C=C/N=C\1C1CCCCN(Cc2cc3c(-n4c(CC5CCCCN(c6ncncc6CC)CC5)cc5ccc(OCCOC)cc54)cc(COCCOC)cc3[nH]2)CC1. The van der Waals surface area contributed by atoms with Crippen LogP contribution in [0.4, 0.5) is 5.82 Å². The average molecular weight is 884 g/mol. The number of allylic oxidation sites excluding steroid dienone is 3. The molecule has 2 saturated heterocycles. The Balaban J connectivity index is 1.13. The number of aryl methyl sites for hydroxylation is 1. The van der Waals surface area contributed by atoms with Crippen molar-refractivity contribution in [2.75, 3.05) is 71.7 Å². The summed E-state index contributed by atoms with van der Waals surface area (Å²) in [7, 11) is 3.44. The number of nitrogens with one attached hydrogen (secondary N) is 1. The number of aromatic amines is 1. The summed E-state index contributed by atoms with van der Waals surface area (Å²) in [5.74, 6) is 2.97. The van der Waals surface area contributed by atoms with E-state index in [9.17, 15) is 0 Å². The minimum absolute atomic E-state index is 0.493. The molecule has 65 heavy (non-hydrogen) atoms. The molecule has 0 saturated carbocycles. The lowest BCUT2D eigenvalue weighted by atomic mass is 9.86. The number of likely N-dealkylation sites (tertiary alicyclic amines) is 1. The van der Waals surface area contributed by atoms with Gasteiger partial charge >= 0.3 is 0 Å². The third kappa shape index (κ3) is 12.0. The number of hydrogen-bond donors (Lipinski definition) is 1. The zero-order valence-corrected chi connectivity index (χ0v) is 39.7. The second kappa shape index (κ2) is 23.6. The Bertz CT molecular complexity index is 2400. The number of fused-ring (bicyclic) bond motifs is 2. The van der Waals surface area contributed by atoms with E-state index in [1.54, 1.807) is 20.5 Å². The van der Waals surface area contributed by atoms with Gasteiger partial charge in [-0.1, -0.05) is 38.8 Å². The highest BCUT2D eigenvalue weighted by Crippen LogP contribution is 2.36. The van der Waals surface area contributed by atoms with E-state index in [4.69, 9.17) is 28.9 Å².